The predicted octanol–water partition coefficient (Wildman–Crippen LogP) is 1.60. The van der Waals surface area contributed by atoms with Gasteiger partial charge in [-0.15, -0.1) is 0 Å². The highest BCUT2D eigenvalue weighted by Crippen LogP contribution is 2.18. The number of hydrogen-bond acceptors (Lipinski definition) is 4. The number of rotatable bonds is 9. The SMILES string of the molecule is CCCCN(CC(N)=O)CC(=O)c1ccc(OC)c(F)c1. The van der Waals surface area contributed by atoms with E-state index >= 15 is 0 Å². The van der Waals surface area contributed by atoms with Crippen molar-refractivity contribution in [1.29, 1.82) is 0 Å². The lowest BCUT2D eigenvalue weighted by molar-refractivity contribution is -0.119. The molecule has 116 valence electrons. The number of nitrogens with two attached hydrogens (primary N) is 1. The maximum absolute atomic E-state index is 13.6. The Morgan fingerprint density at radius 3 is 2.57 bits per heavy atom. The van der Waals surface area contributed by atoms with Crippen LogP contribution in [-0.4, -0.2) is 43.3 Å². The molecule has 0 aliphatic carbocycles. The van der Waals surface area contributed by atoms with Gasteiger partial charge in [-0.3, -0.25) is 14.5 Å². The van der Waals surface area contributed by atoms with Crippen molar-refractivity contribution in [1.82, 2.24) is 4.90 Å². The fraction of sp³-hybridized carbons (Fsp3) is 0.467. The van der Waals surface area contributed by atoms with Gasteiger partial charge in [0.2, 0.25) is 5.91 Å². The average molecular weight is 296 g/mol. The lowest BCUT2D eigenvalue weighted by atomic mass is 10.1. The van der Waals surface area contributed by atoms with Gasteiger partial charge in [0.1, 0.15) is 0 Å². The fourth-order valence-corrected chi connectivity index (χ4v) is 1.95. The van der Waals surface area contributed by atoms with Gasteiger partial charge in [0.15, 0.2) is 17.3 Å². The number of carbonyl (C=O) groups is 2. The minimum atomic E-state index is -0.585. The highest BCUT2D eigenvalue weighted by Gasteiger charge is 2.15. The molecule has 21 heavy (non-hydrogen) atoms. The summed E-state index contributed by atoms with van der Waals surface area (Å²) >= 11 is 0. The molecule has 5 nitrogen and oxygen atoms in total. The monoisotopic (exact) mass is 296 g/mol. The zero-order chi connectivity index (χ0) is 15.8. The molecule has 0 aromatic heterocycles. The number of primary amides is 1. The standard InChI is InChI=1S/C15H21FN2O3/c1-3-4-7-18(10-15(17)20)9-13(19)11-5-6-14(21-2)12(16)8-11/h5-6,8H,3-4,7,9-10H2,1-2H3,(H2,17,20). The molecule has 0 heterocycles. The van der Waals surface area contributed by atoms with Crippen LogP contribution in [0.5, 0.6) is 5.75 Å². The predicted molar refractivity (Wildman–Crippen MR) is 77.8 cm³/mol. The van der Waals surface area contributed by atoms with Crippen LogP contribution in [0.25, 0.3) is 0 Å². The van der Waals surface area contributed by atoms with Gasteiger partial charge in [-0.1, -0.05) is 13.3 Å². The van der Waals surface area contributed by atoms with E-state index in [2.05, 4.69) is 0 Å². The van der Waals surface area contributed by atoms with Crippen LogP contribution in [0.4, 0.5) is 4.39 Å². The molecule has 0 spiro atoms. The second-order valence-corrected chi connectivity index (χ2v) is 4.80. The van der Waals surface area contributed by atoms with E-state index in [-0.39, 0.29) is 30.2 Å². The molecule has 1 aromatic rings. The zero-order valence-electron chi connectivity index (χ0n) is 12.4. The van der Waals surface area contributed by atoms with Crippen molar-refractivity contribution in [2.45, 2.75) is 19.8 Å². The Morgan fingerprint density at radius 1 is 1.33 bits per heavy atom. The van der Waals surface area contributed by atoms with E-state index in [1.165, 1.54) is 19.2 Å². The molecule has 0 saturated heterocycles. The third-order valence-electron chi connectivity index (χ3n) is 3.05. The molecule has 0 fully saturated rings. The topological polar surface area (TPSA) is 72.6 Å². The molecule has 1 aromatic carbocycles. The Balaban J connectivity index is 2.75. The molecule has 1 amide bonds. The summed E-state index contributed by atoms with van der Waals surface area (Å²) in [6, 6.07) is 4.06. The van der Waals surface area contributed by atoms with Gasteiger partial charge in [-0.2, -0.15) is 0 Å². The number of hydrogen-bond donors (Lipinski definition) is 1. The summed E-state index contributed by atoms with van der Waals surface area (Å²) in [5.41, 5.74) is 5.42. The molecule has 2 N–H and O–H groups in total. The maximum Gasteiger partial charge on any atom is 0.231 e. The molecular weight excluding hydrogens is 275 g/mol. The third kappa shape index (κ3) is 5.51. The van der Waals surface area contributed by atoms with Gasteiger partial charge in [0, 0.05) is 5.56 Å². The number of carbonyl (C=O) groups excluding carboxylic acids is 2. The summed E-state index contributed by atoms with van der Waals surface area (Å²) < 4.78 is 18.4. The van der Waals surface area contributed by atoms with Crippen molar-refractivity contribution in [2.75, 3.05) is 26.7 Å². The largest absolute Gasteiger partial charge is 0.494 e. The number of benzene rings is 1. The highest BCUT2D eigenvalue weighted by atomic mass is 19.1. The first-order valence-electron chi connectivity index (χ1n) is 6.85. The lowest BCUT2D eigenvalue weighted by Gasteiger charge is -2.19. The van der Waals surface area contributed by atoms with Crippen LogP contribution in [-0.2, 0) is 4.79 Å². The number of Topliss-reactive ketones (excluding diaryl/α,β-unsaturated/α-hetero) is 1. The van der Waals surface area contributed by atoms with Crippen LogP contribution in [0.2, 0.25) is 0 Å². The molecular formula is C15H21FN2O3. The van der Waals surface area contributed by atoms with Crippen LogP contribution in [0.15, 0.2) is 18.2 Å². The van der Waals surface area contributed by atoms with Gasteiger partial charge in [0.25, 0.3) is 0 Å². The fourth-order valence-electron chi connectivity index (χ4n) is 1.95. The number of ether oxygens (including phenoxy) is 1. The van der Waals surface area contributed by atoms with Crippen molar-refractivity contribution >= 4 is 11.7 Å². The lowest BCUT2D eigenvalue weighted by Crippen LogP contribution is -2.38. The minimum Gasteiger partial charge on any atom is -0.494 e. The zero-order valence-corrected chi connectivity index (χ0v) is 12.4. The minimum absolute atomic E-state index is 0.0182. The average Bonchev–Trinajstić information content (AvgIpc) is 2.43. The smallest absolute Gasteiger partial charge is 0.231 e. The van der Waals surface area contributed by atoms with Crippen molar-refractivity contribution in [3.8, 4) is 5.75 Å². The molecule has 1 rings (SSSR count). The Kier molecular flexibility index (Phi) is 6.81. The number of amides is 1. The van der Waals surface area contributed by atoms with Crippen LogP contribution >= 0.6 is 0 Å². The maximum atomic E-state index is 13.6. The molecule has 0 atom stereocenters. The van der Waals surface area contributed by atoms with Gasteiger partial charge >= 0.3 is 0 Å². The van der Waals surface area contributed by atoms with E-state index in [9.17, 15) is 14.0 Å². The summed E-state index contributed by atoms with van der Waals surface area (Å²) in [4.78, 5) is 24.8. The van der Waals surface area contributed by atoms with Gasteiger partial charge < -0.3 is 10.5 Å². The summed E-state index contributed by atoms with van der Waals surface area (Å²) in [6.45, 7) is 2.67. The van der Waals surface area contributed by atoms with E-state index in [1.807, 2.05) is 6.92 Å². The molecule has 0 unspecified atom stereocenters. The first-order valence-corrected chi connectivity index (χ1v) is 6.85. The molecule has 0 radical (unpaired) electrons. The number of methoxy groups -OCH3 is 1. The van der Waals surface area contributed by atoms with E-state index < -0.39 is 11.7 Å². The van der Waals surface area contributed by atoms with Crippen LogP contribution in [0, 0.1) is 5.82 Å². The third-order valence-corrected chi connectivity index (χ3v) is 3.05. The molecule has 0 aliphatic rings. The Hall–Kier alpha value is -1.95. The van der Waals surface area contributed by atoms with Gasteiger partial charge in [-0.25, -0.2) is 4.39 Å². The Morgan fingerprint density at radius 2 is 2.05 bits per heavy atom. The number of halogens is 1. The first-order chi connectivity index (χ1) is 9.97. The van der Waals surface area contributed by atoms with Crippen LogP contribution in [0.3, 0.4) is 0 Å². The molecule has 0 saturated carbocycles. The van der Waals surface area contributed by atoms with E-state index in [1.54, 1.807) is 4.90 Å². The molecule has 0 bridgehead atoms. The van der Waals surface area contributed by atoms with Gasteiger partial charge in [-0.05, 0) is 31.2 Å². The van der Waals surface area contributed by atoms with E-state index in [4.69, 9.17) is 10.5 Å². The van der Waals surface area contributed by atoms with Gasteiger partial charge in [0.05, 0.1) is 20.2 Å². The summed E-state index contributed by atoms with van der Waals surface area (Å²) in [7, 11) is 1.36. The highest BCUT2D eigenvalue weighted by molar-refractivity contribution is 5.98. The number of nitrogens with zero attached hydrogens (tertiary/aromatic N) is 1. The van der Waals surface area contributed by atoms with E-state index in [0.717, 1.165) is 18.9 Å². The molecule has 6 heteroatoms. The van der Waals surface area contributed by atoms with Crippen LogP contribution < -0.4 is 10.5 Å². The summed E-state index contributed by atoms with van der Waals surface area (Å²) in [5.74, 6) is -1.24. The number of ketones is 1. The second-order valence-electron chi connectivity index (χ2n) is 4.80. The van der Waals surface area contributed by atoms with Crippen molar-refractivity contribution in [2.24, 2.45) is 5.73 Å². The Bertz CT molecular complexity index is 506. The second kappa shape index (κ2) is 8.36. The van der Waals surface area contributed by atoms with Crippen molar-refractivity contribution < 1.29 is 18.7 Å². The molecule has 0 aliphatic heterocycles. The summed E-state index contributed by atoms with van der Waals surface area (Å²) in [6.07, 6.45) is 1.80. The quantitative estimate of drug-likeness (QED) is 0.703. The van der Waals surface area contributed by atoms with Crippen molar-refractivity contribution in [3.63, 3.8) is 0 Å². The summed E-state index contributed by atoms with van der Waals surface area (Å²) in [5, 5.41) is 0. The van der Waals surface area contributed by atoms with E-state index in [0.29, 0.717) is 6.54 Å². The van der Waals surface area contributed by atoms with Crippen molar-refractivity contribution in [3.05, 3.63) is 29.6 Å². The normalized spacial score (nSPS) is 10.7. The Labute approximate surface area is 123 Å². The number of unbranched alkanes of at least 4 members (excludes halogenated alkanes) is 1. The van der Waals surface area contributed by atoms with Crippen LogP contribution in [0.1, 0.15) is 30.1 Å². The first kappa shape index (κ1) is 17.1.